The van der Waals surface area contributed by atoms with Crippen molar-refractivity contribution in [1.29, 1.82) is 0 Å². The van der Waals surface area contributed by atoms with E-state index in [1.165, 1.54) is 12.3 Å². The normalized spacial score (nSPS) is 11.4. The third-order valence-electron chi connectivity index (χ3n) is 0.982. The molecule has 7 heteroatoms. The molecule has 0 fully saturated rings. The van der Waals surface area contributed by atoms with Gasteiger partial charge < -0.3 is 4.74 Å². The Morgan fingerprint density at radius 1 is 1.46 bits per heavy atom. The van der Waals surface area contributed by atoms with Crippen molar-refractivity contribution in [2.45, 2.75) is 6.18 Å². The molecule has 0 unspecified atom stereocenters. The molecular weight excluding hydrogens is 253 g/mol. The molecule has 1 aromatic heterocycles. The Morgan fingerprint density at radius 2 is 2.15 bits per heavy atom. The fraction of sp³-hybridized carbons (Fsp3) is 0.333. The van der Waals surface area contributed by atoms with Crippen LogP contribution in [-0.4, -0.2) is 23.0 Å². The number of halogens is 4. The van der Waals surface area contributed by atoms with E-state index in [-0.39, 0.29) is 5.88 Å². The van der Waals surface area contributed by atoms with Gasteiger partial charge in [-0.2, -0.15) is 18.3 Å². The Morgan fingerprint density at radius 3 is 2.69 bits per heavy atom. The molecule has 0 amide bonds. The molecular formula is C6H4BrF3N2O. The molecule has 1 rings (SSSR count). The minimum Gasteiger partial charge on any atom is -0.467 e. The molecule has 0 spiro atoms. The minimum atomic E-state index is -4.36. The van der Waals surface area contributed by atoms with Gasteiger partial charge in [-0.05, 0) is 15.9 Å². The lowest BCUT2D eigenvalue weighted by Gasteiger charge is -2.07. The van der Waals surface area contributed by atoms with Crippen LogP contribution in [-0.2, 0) is 0 Å². The van der Waals surface area contributed by atoms with Crippen molar-refractivity contribution in [1.82, 2.24) is 10.2 Å². The zero-order valence-corrected chi connectivity index (χ0v) is 7.76. The summed E-state index contributed by atoms with van der Waals surface area (Å²) < 4.78 is 39.8. The van der Waals surface area contributed by atoms with E-state index in [1.807, 2.05) is 0 Å². The van der Waals surface area contributed by atoms with Crippen LogP contribution in [0.2, 0.25) is 0 Å². The zero-order valence-electron chi connectivity index (χ0n) is 6.18. The van der Waals surface area contributed by atoms with E-state index in [4.69, 9.17) is 0 Å². The number of alkyl halides is 3. The quantitative estimate of drug-likeness (QED) is 0.814. The van der Waals surface area contributed by atoms with E-state index in [1.54, 1.807) is 0 Å². The van der Waals surface area contributed by atoms with Gasteiger partial charge in [0.2, 0.25) is 5.88 Å². The number of nitrogens with zero attached hydrogens (tertiary/aromatic N) is 2. The van der Waals surface area contributed by atoms with Gasteiger partial charge in [0.05, 0.1) is 6.20 Å². The molecule has 0 saturated heterocycles. The van der Waals surface area contributed by atoms with Crippen LogP contribution in [0.15, 0.2) is 16.7 Å². The summed E-state index contributed by atoms with van der Waals surface area (Å²) in [6, 6.07) is 1.30. The van der Waals surface area contributed by atoms with Crippen molar-refractivity contribution in [2.75, 3.05) is 6.61 Å². The van der Waals surface area contributed by atoms with Crippen molar-refractivity contribution >= 4 is 15.9 Å². The monoisotopic (exact) mass is 256 g/mol. The van der Waals surface area contributed by atoms with Crippen molar-refractivity contribution in [2.24, 2.45) is 0 Å². The lowest BCUT2D eigenvalue weighted by molar-refractivity contribution is -0.154. The average Bonchev–Trinajstić information content (AvgIpc) is 2.00. The molecule has 1 heterocycles. The van der Waals surface area contributed by atoms with Gasteiger partial charge in [0.1, 0.15) is 0 Å². The van der Waals surface area contributed by atoms with E-state index in [2.05, 4.69) is 30.9 Å². The minimum absolute atomic E-state index is 0.160. The molecule has 3 nitrogen and oxygen atoms in total. The largest absolute Gasteiger partial charge is 0.467 e. The molecule has 0 atom stereocenters. The standard InChI is InChI=1S/C6H4BrF3N2O/c7-4-1-5(12-11-2-4)13-3-6(8,9)10/h1-2H,3H2. The number of rotatable bonds is 2. The van der Waals surface area contributed by atoms with Crippen LogP contribution in [0.4, 0.5) is 13.2 Å². The van der Waals surface area contributed by atoms with Crippen LogP contribution in [0, 0.1) is 0 Å². The molecule has 1 aromatic rings. The van der Waals surface area contributed by atoms with Gasteiger partial charge >= 0.3 is 6.18 Å². The van der Waals surface area contributed by atoms with Gasteiger partial charge in [-0.3, -0.25) is 0 Å². The summed E-state index contributed by atoms with van der Waals surface area (Å²) in [7, 11) is 0. The predicted molar refractivity (Wildman–Crippen MR) is 41.3 cm³/mol. The SMILES string of the molecule is FC(F)(F)COc1cc(Br)cnn1. The summed E-state index contributed by atoms with van der Waals surface area (Å²) in [4.78, 5) is 0. The molecule has 0 aliphatic heterocycles. The van der Waals surface area contributed by atoms with Crippen molar-refractivity contribution in [3.8, 4) is 5.88 Å². The van der Waals surface area contributed by atoms with E-state index < -0.39 is 12.8 Å². The fourth-order valence-corrected chi connectivity index (χ4v) is 0.839. The first-order valence-corrected chi connectivity index (χ1v) is 3.94. The second-order valence-corrected chi connectivity index (χ2v) is 3.03. The molecule has 0 radical (unpaired) electrons. The third kappa shape index (κ3) is 4.07. The maximum absolute atomic E-state index is 11.7. The summed E-state index contributed by atoms with van der Waals surface area (Å²) in [6.45, 7) is -1.36. The Hall–Kier alpha value is -0.850. The van der Waals surface area contributed by atoms with E-state index >= 15 is 0 Å². The molecule has 0 aromatic carbocycles. The molecule has 13 heavy (non-hydrogen) atoms. The number of hydrogen-bond donors (Lipinski definition) is 0. The topological polar surface area (TPSA) is 35.0 Å². The summed E-state index contributed by atoms with van der Waals surface area (Å²) >= 11 is 3.02. The summed E-state index contributed by atoms with van der Waals surface area (Å²) in [5.41, 5.74) is 0. The third-order valence-corrected chi connectivity index (χ3v) is 1.42. The van der Waals surface area contributed by atoms with Gasteiger partial charge in [-0.15, -0.1) is 5.10 Å². The Kier molecular flexibility index (Phi) is 3.07. The van der Waals surface area contributed by atoms with Crippen LogP contribution < -0.4 is 4.74 Å². The molecule has 0 aliphatic rings. The summed E-state index contributed by atoms with van der Waals surface area (Å²) in [5, 5.41) is 6.74. The number of ether oxygens (including phenoxy) is 1. The Labute approximate surface area is 80.0 Å². The first-order chi connectivity index (χ1) is 5.97. The molecule has 0 saturated carbocycles. The molecule has 0 bridgehead atoms. The second-order valence-electron chi connectivity index (χ2n) is 2.12. The van der Waals surface area contributed by atoms with Crippen LogP contribution >= 0.6 is 15.9 Å². The van der Waals surface area contributed by atoms with Crippen LogP contribution in [0.25, 0.3) is 0 Å². The first-order valence-electron chi connectivity index (χ1n) is 3.15. The van der Waals surface area contributed by atoms with Crippen molar-refractivity contribution in [3.05, 3.63) is 16.7 Å². The lowest BCUT2D eigenvalue weighted by atomic mass is 10.6. The Balaban J connectivity index is 2.55. The van der Waals surface area contributed by atoms with Gasteiger partial charge in [0, 0.05) is 10.5 Å². The van der Waals surface area contributed by atoms with Gasteiger partial charge in [0.25, 0.3) is 0 Å². The Bertz CT molecular complexity index is 291. The van der Waals surface area contributed by atoms with Crippen LogP contribution in [0.5, 0.6) is 5.88 Å². The van der Waals surface area contributed by atoms with Crippen LogP contribution in [0.3, 0.4) is 0 Å². The van der Waals surface area contributed by atoms with Crippen LogP contribution in [0.1, 0.15) is 0 Å². The second kappa shape index (κ2) is 3.91. The van der Waals surface area contributed by atoms with Crippen molar-refractivity contribution in [3.63, 3.8) is 0 Å². The zero-order chi connectivity index (χ0) is 9.90. The summed E-state index contributed by atoms with van der Waals surface area (Å²) in [5.74, 6) is -0.160. The average molecular weight is 257 g/mol. The first kappa shape index (κ1) is 10.2. The van der Waals surface area contributed by atoms with Gasteiger partial charge in [0.15, 0.2) is 6.61 Å². The predicted octanol–water partition coefficient (Wildman–Crippen LogP) is 2.18. The fourth-order valence-electron chi connectivity index (χ4n) is 0.551. The van der Waals surface area contributed by atoms with Gasteiger partial charge in [-0.25, -0.2) is 0 Å². The highest BCUT2D eigenvalue weighted by Crippen LogP contribution is 2.18. The smallest absolute Gasteiger partial charge is 0.422 e. The maximum Gasteiger partial charge on any atom is 0.422 e. The molecule has 72 valence electrons. The highest BCUT2D eigenvalue weighted by Gasteiger charge is 2.28. The molecule has 0 aliphatic carbocycles. The molecule has 0 N–H and O–H groups in total. The van der Waals surface area contributed by atoms with Crippen molar-refractivity contribution < 1.29 is 17.9 Å². The number of hydrogen-bond acceptors (Lipinski definition) is 3. The van der Waals surface area contributed by atoms with E-state index in [0.29, 0.717) is 4.47 Å². The highest BCUT2D eigenvalue weighted by atomic mass is 79.9. The maximum atomic E-state index is 11.7. The lowest BCUT2D eigenvalue weighted by Crippen LogP contribution is -2.19. The number of aromatic nitrogens is 2. The van der Waals surface area contributed by atoms with E-state index in [9.17, 15) is 13.2 Å². The van der Waals surface area contributed by atoms with E-state index in [0.717, 1.165) is 0 Å². The van der Waals surface area contributed by atoms with Gasteiger partial charge in [-0.1, -0.05) is 0 Å². The highest BCUT2D eigenvalue weighted by molar-refractivity contribution is 9.10. The summed E-state index contributed by atoms with van der Waals surface area (Å²) in [6.07, 6.45) is -3.01.